The van der Waals surface area contributed by atoms with Crippen molar-refractivity contribution in [2.24, 2.45) is 5.73 Å². The molecule has 0 heterocycles. The molecule has 0 radical (unpaired) electrons. The highest BCUT2D eigenvalue weighted by Gasteiger charge is 2.22. The van der Waals surface area contributed by atoms with Crippen molar-refractivity contribution in [1.82, 2.24) is 5.32 Å². The fraction of sp³-hybridized carbons (Fsp3) is 0.462. The van der Waals surface area contributed by atoms with Crippen LogP contribution in [0.1, 0.15) is 32.4 Å². The number of alkyl carbamates (subject to hydrolysis) is 1. The van der Waals surface area contributed by atoms with Gasteiger partial charge in [-0.05, 0) is 32.9 Å². The molecule has 4 N–H and O–H groups in total. The van der Waals surface area contributed by atoms with Crippen LogP contribution in [0.2, 0.25) is 0 Å². The Morgan fingerprint density at radius 1 is 1.52 bits per heavy atom. The minimum atomic E-state index is -0.843. The number of benzene rings is 1. The highest BCUT2D eigenvalue weighted by atomic mass is 16.6. The maximum Gasteiger partial charge on any atom is 0.407 e. The number of carbonyl (C=O) groups excluding carboxylic acids is 1. The summed E-state index contributed by atoms with van der Waals surface area (Å²) in [6, 6.07) is 2.73. The molecule has 1 amide bonds. The number of rotatable bonds is 4. The van der Waals surface area contributed by atoms with Crippen LogP contribution in [0.4, 0.5) is 10.5 Å². The number of nitro benzene ring substituents is 1. The molecule has 0 aromatic heterocycles. The number of phenolic OH excluding ortho intramolecular Hbond substituents is 1. The Balaban J connectivity index is 2.76. The smallest absolute Gasteiger partial charge is 0.407 e. The second kappa shape index (κ2) is 6.40. The van der Waals surface area contributed by atoms with Crippen LogP contribution in [0.25, 0.3) is 0 Å². The highest BCUT2D eigenvalue weighted by Crippen LogP contribution is 2.27. The molecule has 0 spiro atoms. The van der Waals surface area contributed by atoms with Crippen LogP contribution in [-0.4, -0.2) is 28.3 Å². The van der Waals surface area contributed by atoms with Gasteiger partial charge in [0.2, 0.25) is 0 Å². The average Bonchev–Trinajstić information content (AvgIpc) is 2.33. The van der Waals surface area contributed by atoms with Crippen molar-refractivity contribution in [3.05, 3.63) is 33.9 Å². The van der Waals surface area contributed by atoms with Gasteiger partial charge in [-0.3, -0.25) is 10.1 Å². The van der Waals surface area contributed by atoms with Crippen molar-refractivity contribution in [2.45, 2.75) is 32.4 Å². The number of aromatic hydroxyl groups is 1. The lowest BCUT2D eigenvalue weighted by Gasteiger charge is -2.20. The van der Waals surface area contributed by atoms with Gasteiger partial charge < -0.3 is 20.9 Å². The summed E-state index contributed by atoms with van der Waals surface area (Å²) in [5.41, 5.74) is 5.10. The van der Waals surface area contributed by atoms with Crippen molar-refractivity contribution in [2.75, 3.05) is 6.54 Å². The van der Waals surface area contributed by atoms with E-state index in [9.17, 15) is 20.0 Å². The van der Waals surface area contributed by atoms with Gasteiger partial charge in [0.15, 0.2) is 0 Å². The zero-order valence-corrected chi connectivity index (χ0v) is 12.1. The Morgan fingerprint density at radius 3 is 2.67 bits per heavy atom. The SMILES string of the molecule is CC(C)(C)OC(=O)NCC(N)c1cc(O)ccc1[N+](=O)[O-]. The molecular formula is C13H19N3O5. The molecule has 0 saturated carbocycles. The Morgan fingerprint density at radius 2 is 2.14 bits per heavy atom. The molecule has 116 valence electrons. The molecule has 1 atom stereocenters. The lowest BCUT2D eigenvalue weighted by molar-refractivity contribution is -0.385. The molecule has 21 heavy (non-hydrogen) atoms. The van der Waals surface area contributed by atoms with Crippen molar-refractivity contribution in [3.63, 3.8) is 0 Å². The molecule has 1 aromatic rings. The third-order valence-electron chi connectivity index (χ3n) is 2.47. The van der Waals surface area contributed by atoms with Crippen LogP contribution in [-0.2, 0) is 4.74 Å². The summed E-state index contributed by atoms with van der Waals surface area (Å²) < 4.78 is 5.04. The molecule has 1 aromatic carbocycles. The minimum Gasteiger partial charge on any atom is -0.508 e. The molecule has 0 saturated heterocycles. The zero-order valence-electron chi connectivity index (χ0n) is 12.1. The number of hydrogen-bond donors (Lipinski definition) is 3. The quantitative estimate of drug-likeness (QED) is 0.574. The molecule has 8 nitrogen and oxygen atoms in total. The number of carbonyl (C=O) groups is 1. The van der Waals surface area contributed by atoms with Crippen molar-refractivity contribution in [1.29, 1.82) is 0 Å². The molecule has 8 heteroatoms. The van der Waals surface area contributed by atoms with Crippen LogP contribution in [0, 0.1) is 10.1 Å². The van der Waals surface area contributed by atoms with Crippen LogP contribution in [0.15, 0.2) is 18.2 Å². The van der Waals surface area contributed by atoms with Crippen LogP contribution < -0.4 is 11.1 Å². The molecular weight excluding hydrogens is 278 g/mol. The first-order chi connectivity index (χ1) is 9.60. The molecule has 1 unspecified atom stereocenters. The van der Waals surface area contributed by atoms with E-state index in [4.69, 9.17) is 10.5 Å². The third-order valence-corrected chi connectivity index (χ3v) is 2.47. The maximum atomic E-state index is 11.5. The van der Waals surface area contributed by atoms with Crippen LogP contribution in [0.5, 0.6) is 5.75 Å². The lowest BCUT2D eigenvalue weighted by Crippen LogP contribution is -2.36. The number of phenols is 1. The van der Waals surface area contributed by atoms with E-state index in [2.05, 4.69) is 5.32 Å². The Kier molecular flexibility index (Phi) is 5.09. The highest BCUT2D eigenvalue weighted by molar-refractivity contribution is 5.67. The topological polar surface area (TPSA) is 128 Å². The fourth-order valence-electron chi connectivity index (χ4n) is 1.62. The van der Waals surface area contributed by atoms with Gasteiger partial charge in [-0.25, -0.2) is 4.79 Å². The van der Waals surface area contributed by atoms with Crippen LogP contribution in [0.3, 0.4) is 0 Å². The Hall–Kier alpha value is -2.35. The molecule has 0 aliphatic heterocycles. The van der Waals surface area contributed by atoms with Gasteiger partial charge in [-0.2, -0.15) is 0 Å². The van der Waals surface area contributed by atoms with E-state index in [1.54, 1.807) is 20.8 Å². The monoisotopic (exact) mass is 297 g/mol. The summed E-state index contributed by atoms with van der Waals surface area (Å²) in [7, 11) is 0. The largest absolute Gasteiger partial charge is 0.508 e. The Bertz CT molecular complexity index is 539. The summed E-state index contributed by atoms with van der Waals surface area (Å²) in [5.74, 6) is -0.136. The molecule has 1 rings (SSSR count). The predicted octanol–water partition coefficient (Wildman–Crippen LogP) is 1.82. The first-order valence-electron chi connectivity index (χ1n) is 6.30. The van der Waals surface area contributed by atoms with Crippen molar-refractivity contribution < 1.29 is 19.6 Å². The maximum absolute atomic E-state index is 11.5. The first-order valence-corrected chi connectivity index (χ1v) is 6.30. The number of nitrogens with two attached hydrogens (primary N) is 1. The van der Waals surface area contributed by atoms with E-state index in [0.29, 0.717) is 0 Å². The van der Waals surface area contributed by atoms with Gasteiger partial charge in [0.1, 0.15) is 11.4 Å². The second-order valence-corrected chi connectivity index (χ2v) is 5.49. The van der Waals surface area contributed by atoms with Gasteiger partial charge in [-0.1, -0.05) is 0 Å². The van der Waals surface area contributed by atoms with Gasteiger partial charge >= 0.3 is 6.09 Å². The standard InChI is InChI=1S/C13H19N3O5/c1-13(2,3)21-12(18)15-7-10(14)9-6-8(17)4-5-11(9)16(19)20/h4-6,10,17H,7,14H2,1-3H3,(H,15,18). The average molecular weight is 297 g/mol. The van der Waals surface area contributed by atoms with E-state index in [-0.39, 0.29) is 23.5 Å². The Labute approximate surface area is 122 Å². The van der Waals surface area contributed by atoms with E-state index >= 15 is 0 Å². The first kappa shape index (κ1) is 16.7. The molecule has 0 aliphatic carbocycles. The fourth-order valence-corrected chi connectivity index (χ4v) is 1.62. The van der Waals surface area contributed by atoms with E-state index in [1.807, 2.05) is 0 Å². The van der Waals surface area contributed by atoms with E-state index in [1.165, 1.54) is 12.1 Å². The van der Waals surface area contributed by atoms with Crippen molar-refractivity contribution >= 4 is 11.8 Å². The van der Waals surface area contributed by atoms with Gasteiger partial charge in [0.25, 0.3) is 5.69 Å². The summed E-state index contributed by atoms with van der Waals surface area (Å²) >= 11 is 0. The number of nitro groups is 1. The molecule has 0 bridgehead atoms. The van der Waals surface area contributed by atoms with E-state index < -0.39 is 22.7 Å². The summed E-state index contributed by atoms with van der Waals surface area (Å²) in [6.45, 7) is 5.09. The van der Waals surface area contributed by atoms with Gasteiger partial charge in [0, 0.05) is 12.6 Å². The number of hydrogen-bond acceptors (Lipinski definition) is 6. The van der Waals surface area contributed by atoms with Gasteiger partial charge in [0.05, 0.1) is 16.5 Å². The third kappa shape index (κ3) is 5.27. The number of nitrogens with one attached hydrogen (secondary N) is 1. The normalized spacial score (nSPS) is 12.6. The van der Waals surface area contributed by atoms with Crippen molar-refractivity contribution in [3.8, 4) is 5.75 Å². The zero-order chi connectivity index (χ0) is 16.2. The number of nitrogens with zero attached hydrogens (tertiary/aromatic N) is 1. The summed E-state index contributed by atoms with van der Waals surface area (Å²) in [6.07, 6.45) is -0.666. The lowest BCUT2D eigenvalue weighted by atomic mass is 10.1. The van der Waals surface area contributed by atoms with Gasteiger partial charge in [-0.15, -0.1) is 0 Å². The second-order valence-electron chi connectivity index (χ2n) is 5.49. The minimum absolute atomic E-state index is 0.0563. The predicted molar refractivity (Wildman–Crippen MR) is 75.9 cm³/mol. The molecule has 0 aliphatic rings. The van der Waals surface area contributed by atoms with E-state index in [0.717, 1.165) is 6.07 Å². The number of ether oxygens (including phenoxy) is 1. The van der Waals surface area contributed by atoms with Crippen LogP contribution >= 0.6 is 0 Å². The molecule has 0 fully saturated rings. The summed E-state index contributed by atoms with van der Waals surface area (Å²) in [4.78, 5) is 21.8. The number of amides is 1. The summed E-state index contributed by atoms with van der Waals surface area (Å²) in [5, 5.41) is 22.8.